The molecule has 0 saturated carbocycles. The minimum Gasteiger partial charge on any atom is -0.356 e. The summed E-state index contributed by atoms with van der Waals surface area (Å²) in [7, 11) is 1.68. The normalized spacial score (nSPS) is 16.0. The second-order valence-electron chi connectivity index (χ2n) is 6.09. The molecule has 0 bridgehead atoms. The molecule has 8 heteroatoms. The molecule has 3 rings (SSSR count). The molecule has 0 aliphatic carbocycles. The Morgan fingerprint density at radius 2 is 2.07 bits per heavy atom. The molecule has 1 aliphatic rings. The SMILES string of the molecule is CN=C(NCc1ccc(Br)c(F)c1)NCC1CC(=O)Nc2ccccc21.I. The number of carbonyl (C=O) groups is 1. The van der Waals surface area contributed by atoms with Crippen LogP contribution >= 0.6 is 39.9 Å². The first-order valence-electron chi connectivity index (χ1n) is 8.34. The maximum atomic E-state index is 13.6. The van der Waals surface area contributed by atoms with Crippen molar-refractivity contribution in [1.82, 2.24) is 10.6 Å². The Hall–Kier alpha value is -1.68. The predicted molar refractivity (Wildman–Crippen MR) is 120 cm³/mol. The van der Waals surface area contributed by atoms with Crippen LogP contribution in [0.3, 0.4) is 0 Å². The molecule has 1 unspecified atom stereocenters. The van der Waals surface area contributed by atoms with E-state index in [0.717, 1.165) is 16.8 Å². The first-order chi connectivity index (χ1) is 12.6. The van der Waals surface area contributed by atoms with Gasteiger partial charge in [-0.05, 0) is 45.3 Å². The molecular weight excluding hydrogens is 526 g/mol. The number of hydrogen-bond donors (Lipinski definition) is 3. The van der Waals surface area contributed by atoms with Gasteiger partial charge in [0.2, 0.25) is 5.91 Å². The molecule has 1 heterocycles. The van der Waals surface area contributed by atoms with Gasteiger partial charge in [0.05, 0.1) is 4.47 Å². The maximum absolute atomic E-state index is 13.6. The fourth-order valence-electron chi connectivity index (χ4n) is 2.96. The lowest BCUT2D eigenvalue weighted by atomic mass is 9.90. The van der Waals surface area contributed by atoms with Gasteiger partial charge < -0.3 is 16.0 Å². The smallest absolute Gasteiger partial charge is 0.225 e. The Morgan fingerprint density at radius 1 is 1.30 bits per heavy atom. The zero-order valence-corrected chi connectivity index (χ0v) is 18.7. The van der Waals surface area contributed by atoms with Gasteiger partial charge >= 0.3 is 0 Å². The molecule has 3 N–H and O–H groups in total. The van der Waals surface area contributed by atoms with Crippen molar-refractivity contribution in [3.63, 3.8) is 0 Å². The zero-order chi connectivity index (χ0) is 18.5. The maximum Gasteiger partial charge on any atom is 0.225 e. The van der Waals surface area contributed by atoms with Crippen molar-refractivity contribution in [2.45, 2.75) is 18.9 Å². The summed E-state index contributed by atoms with van der Waals surface area (Å²) in [4.78, 5) is 16.1. The Balaban J connectivity index is 0.00000261. The minimum absolute atomic E-state index is 0. The van der Waals surface area contributed by atoms with Crippen molar-refractivity contribution in [2.75, 3.05) is 18.9 Å². The molecule has 1 amide bonds. The number of fused-ring (bicyclic) bond motifs is 1. The van der Waals surface area contributed by atoms with E-state index in [2.05, 4.69) is 36.9 Å². The van der Waals surface area contributed by atoms with E-state index in [4.69, 9.17) is 0 Å². The van der Waals surface area contributed by atoms with Gasteiger partial charge in [0.15, 0.2) is 5.96 Å². The molecule has 0 aromatic heterocycles. The summed E-state index contributed by atoms with van der Waals surface area (Å²) in [6.07, 6.45) is 0.429. The first-order valence-corrected chi connectivity index (χ1v) is 9.13. The number of amides is 1. The fourth-order valence-corrected chi connectivity index (χ4v) is 3.21. The van der Waals surface area contributed by atoms with Gasteiger partial charge in [-0.15, -0.1) is 24.0 Å². The molecule has 1 aliphatic heterocycles. The first kappa shape index (κ1) is 21.6. The summed E-state index contributed by atoms with van der Waals surface area (Å²) >= 11 is 3.15. The lowest BCUT2D eigenvalue weighted by molar-refractivity contribution is -0.116. The topological polar surface area (TPSA) is 65.5 Å². The van der Waals surface area contributed by atoms with Crippen LogP contribution in [0.4, 0.5) is 10.1 Å². The fraction of sp³-hybridized carbons (Fsp3) is 0.263. The average molecular weight is 547 g/mol. The van der Waals surface area contributed by atoms with Crippen molar-refractivity contribution in [1.29, 1.82) is 0 Å². The molecule has 2 aromatic carbocycles. The molecular formula is C19H21BrFIN4O. The molecule has 0 radical (unpaired) electrons. The average Bonchev–Trinajstić information content (AvgIpc) is 2.64. The number of nitrogens with zero attached hydrogens (tertiary/aromatic N) is 1. The molecule has 0 fully saturated rings. The number of para-hydroxylation sites is 1. The van der Waals surface area contributed by atoms with E-state index < -0.39 is 0 Å². The van der Waals surface area contributed by atoms with Crippen molar-refractivity contribution >= 4 is 57.5 Å². The number of aliphatic imine (C=N–C) groups is 1. The van der Waals surface area contributed by atoms with E-state index in [1.807, 2.05) is 30.3 Å². The van der Waals surface area contributed by atoms with Gasteiger partial charge in [-0.2, -0.15) is 0 Å². The molecule has 1 atom stereocenters. The van der Waals surface area contributed by atoms with Crippen LogP contribution in [-0.2, 0) is 11.3 Å². The van der Waals surface area contributed by atoms with Gasteiger partial charge in [-0.3, -0.25) is 9.79 Å². The second kappa shape index (κ2) is 10.0. The van der Waals surface area contributed by atoms with Gasteiger partial charge in [0, 0.05) is 38.2 Å². The van der Waals surface area contributed by atoms with Crippen LogP contribution in [0.5, 0.6) is 0 Å². The molecule has 2 aromatic rings. The number of guanidine groups is 1. The molecule has 0 spiro atoms. The van der Waals surface area contributed by atoms with Crippen LogP contribution in [-0.4, -0.2) is 25.5 Å². The number of hydrogen-bond acceptors (Lipinski definition) is 2. The van der Waals surface area contributed by atoms with E-state index >= 15 is 0 Å². The number of rotatable bonds is 4. The van der Waals surface area contributed by atoms with Gasteiger partial charge in [-0.25, -0.2) is 4.39 Å². The number of benzene rings is 2. The minimum atomic E-state index is -0.294. The highest BCUT2D eigenvalue weighted by Crippen LogP contribution is 2.31. The third kappa shape index (κ3) is 5.65. The van der Waals surface area contributed by atoms with Crippen LogP contribution < -0.4 is 16.0 Å². The number of nitrogens with one attached hydrogen (secondary N) is 3. The lowest BCUT2D eigenvalue weighted by Gasteiger charge is -2.26. The highest BCUT2D eigenvalue weighted by Gasteiger charge is 2.24. The van der Waals surface area contributed by atoms with E-state index in [-0.39, 0.29) is 41.6 Å². The van der Waals surface area contributed by atoms with E-state index in [0.29, 0.717) is 29.9 Å². The summed E-state index contributed by atoms with van der Waals surface area (Å²) in [5, 5.41) is 9.31. The summed E-state index contributed by atoms with van der Waals surface area (Å²) in [5.74, 6) is 0.404. The standard InChI is InChI=1S/C19H20BrFN4O.HI/c1-22-19(23-10-12-6-7-15(20)16(21)8-12)24-11-13-9-18(26)25-17-5-3-2-4-14(13)17;/h2-8,13H,9-11H2,1H3,(H,25,26)(H2,22,23,24);1H. The second-order valence-corrected chi connectivity index (χ2v) is 6.95. The van der Waals surface area contributed by atoms with Crippen LogP contribution in [0, 0.1) is 5.82 Å². The molecule has 27 heavy (non-hydrogen) atoms. The zero-order valence-electron chi connectivity index (χ0n) is 14.8. The van der Waals surface area contributed by atoms with Crippen molar-refractivity contribution in [2.24, 2.45) is 4.99 Å². The van der Waals surface area contributed by atoms with Crippen LogP contribution in [0.2, 0.25) is 0 Å². The van der Waals surface area contributed by atoms with Crippen molar-refractivity contribution in [3.8, 4) is 0 Å². The number of halogens is 3. The summed E-state index contributed by atoms with van der Waals surface area (Å²) < 4.78 is 14.0. The quantitative estimate of drug-likeness (QED) is 0.308. The van der Waals surface area contributed by atoms with E-state index in [1.165, 1.54) is 6.07 Å². The Morgan fingerprint density at radius 3 is 2.81 bits per heavy atom. The Bertz CT molecular complexity index is 846. The lowest BCUT2D eigenvalue weighted by Crippen LogP contribution is -2.40. The van der Waals surface area contributed by atoms with Crippen molar-refractivity contribution < 1.29 is 9.18 Å². The molecule has 0 saturated heterocycles. The van der Waals surface area contributed by atoms with Gasteiger partial charge in [-0.1, -0.05) is 24.3 Å². The summed E-state index contributed by atoms with van der Waals surface area (Å²) in [6, 6.07) is 12.8. The number of anilines is 1. The Kier molecular flexibility index (Phi) is 8.03. The van der Waals surface area contributed by atoms with Gasteiger partial charge in [0.1, 0.15) is 5.82 Å². The van der Waals surface area contributed by atoms with E-state index in [9.17, 15) is 9.18 Å². The monoisotopic (exact) mass is 546 g/mol. The van der Waals surface area contributed by atoms with Crippen LogP contribution in [0.25, 0.3) is 0 Å². The van der Waals surface area contributed by atoms with E-state index in [1.54, 1.807) is 13.1 Å². The van der Waals surface area contributed by atoms with Crippen molar-refractivity contribution in [3.05, 3.63) is 63.9 Å². The van der Waals surface area contributed by atoms with Crippen LogP contribution in [0.1, 0.15) is 23.5 Å². The third-order valence-electron chi connectivity index (χ3n) is 4.29. The summed E-state index contributed by atoms with van der Waals surface area (Å²) in [5.41, 5.74) is 2.80. The third-order valence-corrected chi connectivity index (χ3v) is 4.93. The summed E-state index contributed by atoms with van der Waals surface area (Å²) in [6.45, 7) is 1.03. The molecule has 144 valence electrons. The van der Waals surface area contributed by atoms with Crippen LogP contribution in [0.15, 0.2) is 51.9 Å². The highest BCUT2D eigenvalue weighted by atomic mass is 127. The molecule has 5 nitrogen and oxygen atoms in total. The Labute approximate surface area is 183 Å². The number of carbonyl (C=O) groups excluding carboxylic acids is 1. The predicted octanol–water partition coefficient (Wildman–Crippen LogP) is 4.00. The largest absolute Gasteiger partial charge is 0.356 e. The van der Waals surface area contributed by atoms with Gasteiger partial charge in [0.25, 0.3) is 0 Å². The highest BCUT2D eigenvalue weighted by molar-refractivity contribution is 14.0.